The van der Waals surface area contributed by atoms with E-state index < -0.39 is 10.8 Å². The van der Waals surface area contributed by atoms with Crippen LogP contribution in [0.25, 0.3) is 5.82 Å². The van der Waals surface area contributed by atoms with E-state index in [9.17, 15) is 14.9 Å². The predicted octanol–water partition coefficient (Wildman–Crippen LogP) is 3.97. The van der Waals surface area contributed by atoms with E-state index in [2.05, 4.69) is 27.1 Å². The van der Waals surface area contributed by atoms with Gasteiger partial charge < -0.3 is 10.2 Å². The Morgan fingerprint density at radius 3 is 2.58 bits per heavy atom. The van der Waals surface area contributed by atoms with Crippen molar-refractivity contribution < 1.29 is 9.72 Å². The molecule has 160 valence electrons. The summed E-state index contributed by atoms with van der Waals surface area (Å²) in [6.45, 7) is 5.73. The van der Waals surface area contributed by atoms with Gasteiger partial charge in [0, 0.05) is 37.6 Å². The van der Waals surface area contributed by atoms with Crippen LogP contribution in [0.5, 0.6) is 0 Å². The Morgan fingerprint density at radius 2 is 1.97 bits per heavy atom. The quantitative estimate of drug-likeness (QED) is 0.494. The third-order valence-corrected chi connectivity index (χ3v) is 5.64. The molecule has 3 aromatic rings. The number of anilines is 2. The van der Waals surface area contributed by atoms with Crippen molar-refractivity contribution in [3.63, 3.8) is 0 Å². The van der Waals surface area contributed by atoms with Gasteiger partial charge in [0.25, 0.3) is 11.6 Å². The van der Waals surface area contributed by atoms with Gasteiger partial charge in [-0.15, -0.1) is 0 Å². The highest BCUT2D eigenvalue weighted by atomic mass is 16.6. The minimum atomic E-state index is -0.483. The van der Waals surface area contributed by atoms with Gasteiger partial charge in [-0.25, -0.2) is 9.97 Å². The molecule has 1 fully saturated rings. The van der Waals surface area contributed by atoms with Crippen LogP contribution in [-0.2, 0) is 0 Å². The van der Waals surface area contributed by atoms with Crippen LogP contribution in [0.1, 0.15) is 35.9 Å². The number of nitro groups is 1. The van der Waals surface area contributed by atoms with Crippen molar-refractivity contribution in [3.8, 4) is 5.82 Å². The largest absolute Gasteiger partial charge is 0.371 e. The second-order valence-corrected chi connectivity index (χ2v) is 7.83. The van der Waals surface area contributed by atoms with E-state index in [-0.39, 0.29) is 5.69 Å². The maximum Gasteiger partial charge on any atom is 0.270 e. The molecule has 0 saturated carbocycles. The van der Waals surface area contributed by atoms with Crippen molar-refractivity contribution in [3.05, 3.63) is 70.4 Å². The number of non-ortho nitro benzene ring substituents is 1. The lowest BCUT2D eigenvalue weighted by Crippen LogP contribution is -2.34. The molecule has 0 unspecified atom stereocenters. The number of benzene rings is 1. The number of piperidine rings is 1. The van der Waals surface area contributed by atoms with Crippen molar-refractivity contribution in [2.45, 2.75) is 26.7 Å². The Balaban J connectivity index is 1.58. The van der Waals surface area contributed by atoms with Crippen LogP contribution in [0, 0.1) is 23.0 Å². The van der Waals surface area contributed by atoms with Gasteiger partial charge in [0.1, 0.15) is 11.6 Å². The number of hydrogen-bond donors (Lipinski definition) is 1. The minimum absolute atomic E-state index is 0.108. The van der Waals surface area contributed by atoms with Crippen LogP contribution in [0.4, 0.5) is 17.1 Å². The molecule has 0 spiro atoms. The normalized spacial score (nSPS) is 14.5. The number of amides is 1. The van der Waals surface area contributed by atoms with Crippen LogP contribution in [0.2, 0.25) is 0 Å². The van der Waals surface area contributed by atoms with E-state index in [1.165, 1.54) is 12.1 Å². The van der Waals surface area contributed by atoms with Crippen LogP contribution in [-0.4, -0.2) is 38.5 Å². The minimum Gasteiger partial charge on any atom is -0.371 e. The van der Waals surface area contributed by atoms with E-state index in [1.807, 2.05) is 17.7 Å². The summed E-state index contributed by atoms with van der Waals surface area (Å²) in [7, 11) is 0. The van der Waals surface area contributed by atoms with Gasteiger partial charge in [-0.1, -0.05) is 6.92 Å². The molecule has 1 aliphatic heterocycles. The number of nitrogens with zero attached hydrogens (tertiary/aromatic N) is 5. The van der Waals surface area contributed by atoms with Crippen molar-refractivity contribution in [1.82, 2.24) is 14.5 Å². The molecule has 9 nitrogen and oxygen atoms in total. The molecule has 1 aromatic carbocycles. The fourth-order valence-electron chi connectivity index (χ4n) is 3.77. The third-order valence-electron chi connectivity index (χ3n) is 5.64. The number of aromatic nitrogens is 3. The number of aryl methyl sites for hydroxylation is 1. The summed E-state index contributed by atoms with van der Waals surface area (Å²) in [5.41, 5.74) is 1.41. The first-order valence-corrected chi connectivity index (χ1v) is 10.2. The maximum absolute atomic E-state index is 13.1. The zero-order chi connectivity index (χ0) is 22.0. The molecular formula is C22H24N6O3. The molecule has 1 amide bonds. The number of carbonyl (C=O) groups is 1. The monoisotopic (exact) mass is 420 g/mol. The molecule has 1 aliphatic rings. The molecule has 0 radical (unpaired) electrons. The average Bonchev–Trinajstić information content (AvgIpc) is 3.20. The lowest BCUT2D eigenvalue weighted by molar-refractivity contribution is -0.384. The van der Waals surface area contributed by atoms with E-state index in [0.29, 0.717) is 28.7 Å². The number of rotatable bonds is 5. The molecule has 2 aromatic heterocycles. The number of imidazole rings is 1. The molecule has 0 aliphatic carbocycles. The SMILES string of the molecule is Cc1nccn1-c1ccc(NC(=O)c2cc([N+](=O)[O-])ccc2N2CCC(C)CC2)cn1. The molecule has 31 heavy (non-hydrogen) atoms. The zero-order valence-corrected chi connectivity index (χ0v) is 17.5. The summed E-state index contributed by atoms with van der Waals surface area (Å²) in [6, 6.07) is 8.00. The van der Waals surface area contributed by atoms with Gasteiger partial charge in [0.15, 0.2) is 0 Å². The van der Waals surface area contributed by atoms with Crippen molar-refractivity contribution >= 4 is 23.0 Å². The van der Waals surface area contributed by atoms with Gasteiger partial charge in [-0.3, -0.25) is 19.5 Å². The predicted molar refractivity (Wildman–Crippen MR) is 118 cm³/mol. The standard InChI is InChI=1S/C22H24N6O3/c1-15-7-10-26(11-8-15)20-5-4-18(28(30)31)13-19(20)22(29)25-17-3-6-21(24-14-17)27-12-9-23-16(27)2/h3-6,9,12-15H,7-8,10-11H2,1-2H3,(H,25,29). The second kappa shape index (κ2) is 8.55. The number of nitro benzene ring substituents is 1. The average molecular weight is 420 g/mol. The molecule has 4 rings (SSSR count). The Hall–Kier alpha value is -3.75. The van der Waals surface area contributed by atoms with E-state index in [0.717, 1.165) is 31.8 Å². The summed E-state index contributed by atoms with van der Waals surface area (Å²) in [4.78, 5) is 34.6. The molecule has 0 bridgehead atoms. The Morgan fingerprint density at radius 1 is 1.19 bits per heavy atom. The third kappa shape index (κ3) is 4.40. The van der Waals surface area contributed by atoms with Gasteiger partial charge >= 0.3 is 0 Å². The Labute approximate surface area is 179 Å². The molecular weight excluding hydrogens is 396 g/mol. The summed E-state index contributed by atoms with van der Waals surface area (Å²) in [5, 5.41) is 14.1. The number of nitrogens with one attached hydrogen (secondary N) is 1. The highest BCUT2D eigenvalue weighted by molar-refractivity contribution is 6.08. The summed E-state index contributed by atoms with van der Waals surface area (Å²) in [6.07, 6.45) is 7.11. The fraction of sp³-hybridized carbons (Fsp3) is 0.318. The van der Waals surface area contributed by atoms with Gasteiger partial charge in [0.2, 0.25) is 0 Å². The molecule has 9 heteroatoms. The molecule has 3 heterocycles. The number of carbonyl (C=O) groups excluding carboxylic acids is 1. The maximum atomic E-state index is 13.1. The van der Waals surface area contributed by atoms with Gasteiger partial charge in [0.05, 0.1) is 28.1 Å². The summed E-state index contributed by atoms with van der Waals surface area (Å²) in [5.74, 6) is 1.73. The summed E-state index contributed by atoms with van der Waals surface area (Å²) < 4.78 is 1.83. The van der Waals surface area contributed by atoms with E-state index >= 15 is 0 Å². The second-order valence-electron chi connectivity index (χ2n) is 7.83. The van der Waals surface area contributed by atoms with Gasteiger partial charge in [-0.2, -0.15) is 0 Å². The van der Waals surface area contributed by atoms with Crippen molar-refractivity contribution in [2.75, 3.05) is 23.3 Å². The van der Waals surface area contributed by atoms with Gasteiger partial charge in [-0.05, 0) is 43.9 Å². The highest BCUT2D eigenvalue weighted by Crippen LogP contribution is 2.30. The first kappa shape index (κ1) is 20.5. The van der Waals surface area contributed by atoms with Crippen LogP contribution < -0.4 is 10.2 Å². The van der Waals surface area contributed by atoms with Crippen LogP contribution in [0.15, 0.2) is 48.9 Å². The lowest BCUT2D eigenvalue weighted by atomic mass is 9.98. The first-order chi connectivity index (χ1) is 14.9. The first-order valence-electron chi connectivity index (χ1n) is 10.2. The molecule has 1 N–H and O–H groups in total. The number of pyridine rings is 1. The van der Waals surface area contributed by atoms with Crippen molar-refractivity contribution in [2.24, 2.45) is 5.92 Å². The molecule has 1 saturated heterocycles. The van der Waals surface area contributed by atoms with Crippen LogP contribution in [0.3, 0.4) is 0 Å². The summed E-state index contributed by atoms with van der Waals surface area (Å²) >= 11 is 0. The number of hydrogen-bond acceptors (Lipinski definition) is 6. The lowest BCUT2D eigenvalue weighted by Gasteiger charge is -2.33. The van der Waals surface area contributed by atoms with Crippen molar-refractivity contribution in [1.29, 1.82) is 0 Å². The Kier molecular flexibility index (Phi) is 5.66. The molecule has 0 atom stereocenters. The van der Waals surface area contributed by atoms with Crippen LogP contribution >= 0.6 is 0 Å². The zero-order valence-electron chi connectivity index (χ0n) is 17.5. The fourth-order valence-corrected chi connectivity index (χ4v) is 3.77. The Bertz CT molecular complexity index is 1100. The smallest absolute Gasteiger partial charge is 0.270 e. The topological polar surface area (TPSA) is 106 Å². The van der Waals surface area contributed by atoms with E-state index in [1.54, 1.807) is 30.6 Å². The van der Waals surface area contributed by atoms with E-state index in [4.69, 9.17) is 0 Å². The highest BCUT2D eigenvalue weighted by Gasteiger charge is 2.23.